The van der Waals surface area contributed by atoms with E-state index in [9.17, 15) is 13.5 Å². The van der Waals surface area contributed by atoms with Crippen molar-refractivity contribution in [2.24, 2.45) is 0 Å². The SMILES string of the molecule is COc1ncnc(O)c1-n1c(NS(=O)(=O)[C@@H](C)[C@H](OC)c2ncc(Cl)cn2)nnc1-c1cnn2ccccc12. The summed E-state index contributed by atoms with van der Waals surface area (Å²) >= 11 is 5.87. The summed E-state index contributed by atoms with van der Waals surface area (Å²) in [6.45, 7) is 1.42. The van der Waals surface area contributed by atoms with Gasteiger partial charge < -0.3 is 14.6 Å². The maximum atomic E-state index is 13.6. The van der Waals surface area contributed by atoms with E-state index in [1.807, 2.05) is 0 Å². The molecule has 0 saturated heterocycles. The smallest absolute Gasteiger partial charge is 0.245 e. The van der Waals surface area contributed by atoms with Crippen molar-refractivity contribution in [3.63, 3.8) is 0 Å². The lowest BCUT2D eigenvalue weighted by Gasteiger charge is -2.22. The van der Waals surface area contributed by atoms with Crippen LogP contribution in [-0.2, 0) is 14.8 Å². The summed E-state index contributed by atoms with van der Waals surface area (Å²) in [6, 6.07) is 5.40. The van der Waals surface area contributed by atoms with Crippen LogP contribution in [0.1, 0.15) is 18.9 Å². The van der Waals surface area contributed by atoms with E-state index in [0.29, 0.717) is 11.1 Å². The van der Waals surface area contributed by atoms with Gasteiger partial charge in [-0.25, -0.2) is 22.9 Å². The predicted octanol–water partition coefficient (Wildman–Crippen LogP) is 2.05. The van der Waals surface area contributed by atoms with Crippen LogP contribution >= 0.6 is 11.6 Å². The van der Waals surface area contributed by atoms with Crippen LogP contribution in [0.4, 0.5) is 5.95 Å². The number of aromatic nitrogens is 9. The van der Waals surface area contributed by atoms with Crippen LogP contribution in [0, 0.1) is 0 Å². The van der Waals surface area contributed by atoms with Gasteiger partial charge in [0.1, 0.15) is 17.7 Å². The van der Waals surface area contributed by atoms with Crippen molar-refractivity contribution in [1.29, 1.82) is 0 Å². The molecule has 0 radical (unpaired) electrons. The Balaban J connectivity index is 1.64. The lowest BCUT2D eigenvalue weighted by atomic mass is 10.2. The molecule has 15 nitrogen and oxygen atoms in total. The highest BCUT2D eigenvalue weighted by Crippen LogP contribution is 2.36. The van der Waals surface area contributed by atoms with Crippen LogP contribution in [0.3, 0.4) is 0 Å². The summed E-state index contributed by atoms with van der Waals surface area (Å²) in [5.41, 5.74) is 1.03. The van der Waals surface area contributed by atoms with Gasteiger partial charge in [0.25, 0.3) is 0 Å². The van der Waals surface area contributed by atoms with Gasteiger partial charge in [-0.3, -0.25) is 9.29 Å². The lowest BCUT2D eigenvalue weighted by molar-refractivity contribution is 0.0950. The molecular formula is C22H21ClN10O5S. The van der Waals surface area contributed by atoms with Crippen LogP contribution in [0.25, 0.3) is 22.6 Å². The fourth-order valence-electron chi connectivity index (χ4n) is 3.90. The number of methoxy groups -OCH3 is 2. The van der Waals surface area contributed by atoms with Crippen molar-refractivity contribution in [3.8, 4) is 28.8 Å². The van der Waals surface area contributed by atoms with Crippen LogP contribution in [0.15, 0.2) is 49.3 Å². The number of hydrogen-bond donors (Lipinski definition) is 2. The molecular weight excluding hydrogens is 552 g/mol. The fourth-order valence-corrected chi connectivity index (χ4v) is 5.13. The molecule has 0 aliphatic heterocycles. The first-order valence-electron chi connectivity index (χ1n) is 11.2. The summed E-state index contributed by atoms with van der Waals surface area (Å²) in [5.74, 6) is -0.587. The number of nitrogens with zero attached hydrogens (tertiary/aromatic N) is 9. The summed E-state index contributed by atoms with van der Waals surface area (Å²) in [6.07, 6.45) is 5.98. The van der Waals surface area contributed by atoms with Gasteiger partial charge in [-0.1, -0.05) is 17.7 Å². The Kier molecular flexibility index (Phi) is 6.98. The van der Waals surface area contributed by atoms with E-state index in [1.54, 1.807) is 28.9 Å². The summed E-state index contributed by atoms with van der Waals surface area (Å²) in [4.78, 5) is 16.1. The van der Waals surface area contributed by atoms with E-state index in [0.717, 1.165) is 6.33 Å². The predicted molar refractivity (Wildman–Crippen MR) is 138 cm³/mol. The number of rotatable bonds is 9. The van der Waals surface area contributed by atoms with Crippen LogP contribution in [0.5, 0.6) is 11.8 Å². The highest BCUT2D eigenvalue weighted by Gasteiger charge is 2.35. The number of ether oxygens (including phenoxy) is 2. The zero-order valence-electron chi connectivity index (χ0n) is 20.7. The van der Waals surface area contributed by atoms with E-state index >= 15 is 0 Å². The molecule has 5 rings (SSSR count). The first kappa shape index (κ1) is 26.2. The first-order chi connectivity index (χ1) is 18.7. The second kappa shape index (κ2) is 10.4. The van der Waals surface area contributed by atoms with Gasteiger partial charge in [0.15, 0.2) is 17.3 Å². The number of sulfonamides is 1. The number of aromatic hydroxyl groups is 1. The van der Waals surface area contributed by atoms with E-state index in [1.165, 1.54) is 44.3 Å². The average molecular weight is 573 g/mol. The van der Waals surface area contributed by atoms with Crippen molar-refractivity contribution >= 4 is 33.1 Å². The average Bonchev–Trinajstić information content (AvgIpc) is 3.53. The minimum Gasteiger partial charge on any atom is -0.492 e. The molecule has 2 atom stereocenters. The minimum absolute atomic E-state index is 0.0575. The van der Waals surface area contributed by atoms with Gasteiger partial charge in [-0.2, -0.15) is 15.1 Å². The van der Waals surface area contributed by atoms with Crippen LogP contribution in [0.2, 0.25) is 5.02 Å². The Bertz CT molecular complexity index is 1740. The Morgan fingerprint density at radius 3 is 2.56 bits per heavy atom. The van der Waals surface area contributed by atoms with Gasteiger partial charge in [-0.15, -0.1) is 10.2 Å². The Morgan fingerprint density at radius 1 is 1.08 bits per heavy atom. The molecule has 0 aromatic carbocycles. The Morgan fingerprint density at radius 2 is 1.85 bits per heavy atom. The highest BCUT2D eigenvalue weighted by atomic mass is 35.5. The molecule has 0 amide bonds. The van der Waals surface area contributed by atoms with Crippen molar-refractivity contribution in [1.82, 2.24) is 44.3 Å². The second-order valence-electron chi connectivity index (χ2n) is 8.09. The number of pyridine rings is 1. The van der Waals surface area contributed by atoms with Crippen molar-refractivity contribution in [2.45, 2.75) is 18.3 Å². The summed E-state index contributed by atoms with van der Waals surface area (Å²) < 4.78 is 43.2. The Hall–Kier alpha value is -4.41. The summed E-state index contributed by atoms with van der Waals surface area (Å²) in [7, 11) is -1.56. The molecule has 2 N–H and O–H groups in total. The van der Waals surface area contributed by atoms with Gasteiger partial charge in [0.05, 0.1) is 29.4 Å². The Labute approximate surface area is 226 Å². The van der Waals surface area contributed by atoms with Crippen molar-refractivity contribution in [3.05, 3.63) is 60.2 Å². The van der Waals surface area contributed by atoms with E-state index in [-0.39, 0.29) is 34.2 Å². The zero-order chi connectivity index (χ0) is 27.7. The third kappa shape index (κ3) is 4.80. The number of fused-ring (bicyclic) bond motifs is 1. The van der Waals surface area contributed by atoms with Crippen molar-refractivity contribution < 1.29 is 23.0 Å². The number of nitrogens with one attached hydrogen (secondary N) is 1. The molecule has 17 heteroatoms. The first-order valence-corrected chi connectivity index (χ1v) is 13.2. The molecule has 0 spiro atoms. The second-order valence-corrected chi connectivity index (χ2v) is 10.6. The third-order valence-corrected chi connectivity index (χ3v) is 7.70. The molecule has 5 aromatic rings. The van der Waals surface area contributed by atoms with Gasteiger partial charge in [0, 0.05) is 25.7 Å². The maximum absolute atomic E-state index is 13.6. The quantitative estimate of drug-likeness (QED) is 0.262. The molecule has 0 aliphatic rings. The standard InChI is InChI=1S/C22H21ClN10O5S/c1-12(17(37-2)18-24-8-13(23)9-25-18)39(35,36)31-22-30-29-19(14-10-28-32-7-5-4-6-15(14)32)33(22)16-20(34)26-11-27-21(16)38-3/h4-12,17H,1-3H3,(H,30,31)(H,26,27,34)/t12-,17-/m0/s1. The fraction of sp³-hybridized carbons (Fsp3) is 0.227. The summed E-state index contributed by atoms with van der Waals surface area (Å²) in [5, 5.41) is 22.4. The van der Waals surface area contributed by atoms with Crippen LogP contribution < -0.4 is 9.46 Å². The molecule has 0 saturated carbocycles. The normalized spacial score (nSPS) is 13.3. The number of halogens is 1. The third-order valence-electron chi connectivity index (χ3n) is 5.81. The van der Waals surface area contributed by atoms with Crippen LogP contribution in [-0.4, -0.2) is 77.3 Å². The van der Waals surface area contributed by atoms with E-state index in [4.69, 9.17) is 21.1 Å². The van der Waals surface area contributed by atoms with E-state index < -0.39 is 27.3 Å². The molecule has 0 bridgehead atoms. The number of hydrogen-bond acceptors (Lipinski definition) is 12. The topological polar surface area (TPSA) is 184 Å². The number of anilines is 1. The van der Waals surface area contributed by atoms with Gasteiger partial charge in [-0.05, 0) is 19.1 Å². The molecule has 5 aromatic heterocycles. The minimum atomic E-state index is -4.24. The monoisotopic (exact) mass is 572 g/mol. The highest BCUT2D eigenvalue weighted by molar-refractivity contribution is 7.93. The zero-order valence-corrected chi connectivity index (χ0v) is 22.2. The molecule has 202 valence electrons. The van der Waals surface area contributed by atoms with Gasteiger partial charge in [0.2, 0.25) is 27.7 Å². The van der Waals surface area contributed by atoms with Gasteiger partial charge >= 0.3 is 0 Å². The maximum Gasteiger partial charge on any atom is 0.245 e. The van der Waals surface area contributed by atoms with Crippen molar-refractivity contribution in [2.75, 3.05) is 18.9 Å². The lowest BCUT2D eigenvalue weighted by Crippen LogP contribution is -2.33. The molecule has 0 fully saturated rings. The molecule has 39 heavy (non-hydrogen) atoms. The largest absolute Gasteiger partial charge is 0.492 e. The van der Waals surface area contributed by atoms with E-state index in [2.05, 4.69) is 40.0 Å². The molecule has 5 heterocycles. The molecule has 0 unspecified atom stereocenters. The molecule has 0 aliphatic carbocycles.